The maximum Gasteiger partial charge on any atom is 0.00472 e. The topological polar surface area (TPSA) is 12.0 Å². The number of hydrogen-bond acceptors (Lipinski definition) is 1. The van der Waals surface area contributed by atoms with Crippen LogP contribution in [0.1, 0.15) is 71.8 Å². The van der Waals surface area contributed by atoms with Crippen LogP contribution < -0.4 is 5.32 Å². The van der Waals surface area contributed by atoms with Crippen molar-refractivity contribution in [1.82, 2.24) is 5.32 Å². The predicted octanol–water partition coefficient (Wildman–Crippen LogP) is 5.30. The van der Waals surface area contributed by atoms with Crippen LogP contribution in [0.15, 0.2) is 30.3 Å². The fraction of sp³-hybridized carbons (Fsp3) is 0.700. The first-order valence-electron chi connectivity index (χ1n) is 8.76. The highest BCUT2D eigenvalue weighted by Gasteiger charge is 2.32. The largest absolute Gasteiger partial charge is 0.314 e. The zero-order valence-electron chi connectivity index (χ0n) is 14.4. The van der Waals surface area contributed by atoms with Gasteiger partial charge in [-0.3, -0.25) is 0 Å². The molecule has 0 amide bonds. The summed E-state index contributed by atoms with van der Waals surface area (Å²) in [6.07, 6.45) is 8.22. The third-order valence-electron chi connectivity index (χ3n) is 5.61. The van der Waals surface area contributed by atoms with Gasteiger partial charge in [-0.1, -0.05) is 63.9 Å². The summed E-state index contributed by atoms with van der Waals surface area (Å²) in [5.74, 6) is 0. The monoisotopic (exact) mass is 287 g/mol. The van der Waals surface area contributed by atoms with Gasteiger partial charge < -0.3 is 5.32 Å². The third kappa shape index (κ3) is 4.32. The molecule has 0 bridgehead atoms. The third-order valence-corrected chi connectivity index (χ3v) is 5.61. The normalized spacial score (nSPS) is 19.6. The van der Waals surface area contributed by atoms with Crippen molar-refractivity contribution in [3.63, 3.8) is 0 Å². The fourth-order valence-corrected chi connectivity index (χ4v) is 4.02. The molecule has 1 nitrogen and oxygen atoms in total. The molecule has 1 aliphatic rings. The van der Waals surface area contributed by atoms with Gasteiger partial charge in [0.05, 0.1) is 0 Å². The van der Waals surface area contributed by atoms with Gasteiger partial charge in [0, 0.05) is 12.6 Å². The second kappa shape index (κ2) is 6.96. The van der Waals surface area contributed by atoms with Gasteiger partial charge in [-0.15, -0.1) is 0 Å². The van der Waals surface area contributed by atoms with Crippen LogP contribution in [0.25, 0.3) is 0 Å². The molecule has 1 saturated carbocycles. The Balaban J connectivity index is 1.88. The van der Waals surface area contributed by atoms with Gasteiger partial charge in [0.15, 0.2) is 0 Å². The SMILES string of the molecule is CCC1(CNC(C)CC(C)(C)c2ccccc2)CCCC1. The Hall–Kier alpha value is -0.820. The Bertz CT molecular complexity index is 415. The summed E-state index contributed by atoms with van der Waals surface area (Å²) in [6, 6.07) is 11.5. The highest BCUT2D eigenvalue weighted by Crippen LogP contribution is 2.40. The molecule has 1 N–H and O–H groups in total. The van der Waals surface area contributed by atoms with Crippen LogP contribution >= 0.6 is 0 Å². The van der Waals surface area contributed by atoms with Crippen LogP contribution in [-0.4, -0.2) is 12.6 Å². The lowest BCUT2D eigenvalue weighted by molar-refractivity contribution is 0.247. The summed E-state index contributed by atoms with van der Waals surface area (Å²) in [5.41, 5.74) is 2.28. The lowest BCUT2D eigenvalue weighted by Crippen LogP contribution is -2.39. The average molecular weight is 287 g/mol. The Kier molecular flexibility index (Phi) is 5.48. The van der Waals surface area contributed by atoms with Crippen LogP contribution in [0.4, 0.5) is 0 Å². The minimum atomic E-state index is 0.239. The van der Waals surface area contributed by atoms with Gasteiger partial charge >= 0.3 is 0 Å². The van der Waals surface area contributed by atoms with E-state index in [1.54, 1.807) is 0 Å². The lowest BCUT2D eigenvalue weighted by Gasteiger charge is -2.33. The Labute approximate surface area is 131 Å². The summed E-state index contributed by atoms with van der Waals surface area (Å²) in [7, 11) is 0. The number of rotatable bonds is 7. The molecule has 1 aromatic carbocycles. The van der Waals surface area contributed by atoms with Crippen molar-refractivity contribution in [2.45, 2.75) is 77.7 Å². The highest BCUT2D eigenvalue weighted by atomic mass is 14.9. The first-order valence-corrected chi connectivity index (χ1v) is 8.76. The smallest absolute Gasteiger partial charge is 0.00472 e. The molecule has 0 radical (unpaired) electrons. The van der Waals surface area contributed by atoms with Crippen LogP contribution in [0.3, 0.4) is 0 Å². The predicted molar refractivity (Wildman–Crippen MR) is 92.7 cm³/mol. The van der Waals surface area contributed by atoms with Crippen LogP contribution in [-0.2, 0) is 5.41 Å². The Morgan fingerprint density at radius 1 is 1.14 bits per heavy atom. The minimum Gasteiger partial charge on any atom is -0.314 e. The molecule has 0 heterocycles. The summed E-state index contributed by atoms with van der Waals surface area (Å²) in [6.45, 7) is 10.7. The van der Waals surface area contributed by atoms with Crippen molar-refractivity contribution in [3.05, 3.63) is 35.9 Å². The van der Waals surface area contributed by atoms with E-state index in [1.807, 2.05) is 0 Å². The van der Waals surface area contributed by atoms with Crippen LogP contribution in [0, 0.1) is 5.41 Å². The molecule has 0 spiro atoms. The fourth-order valence-electron chi connectivity index (χ4n) is 4.02. The van der Waals surface area contributed by atoms with Gasteiger partial charge in [0.2, 0.25) is 0 Å². The lowest BCUT2D eigenvalue weighted by atomic mass is 9.78. The van der Waals surface area contributed by atoms with Gasteiger partial charge in [0.1, 0.15) is 0 Å². The molecule has 1 unspecified atom stereocenters. The van der Waals surface area contributed by atoms with Crippen molar-refractivity contribution >= 4 is 0 Å². The van der Waals surface area contributed by atoms with E-state index in [1.165, 1.54) is 50.6 Å². The van der Waals surface area contributed by atoms with Crippen molar-refractivity contribution in [1.29, 1.82) is 0 Å². The quantitative estimate of drug-likeness (QED) is 0.717. The van der Waals surface area contributed by atoms with Crippen molar-refractivity contribution < 1.29 is 0 Å². The second-order valence-electron chi connectivity index (χ2n) is 7.80. The number of benzene rings is 1. The molecule has 0 saturated heterocycles. The zero-order valence-corrected chi connectivity index (χ0v) is 14.4. The average Bonchev–Trinajstić information content (AvgIpc) is 2.95. The second-order valence-corrected chi connectivity index (χ2v) is 7.80. The van der Waals surface area contributed by atoms with Crippen LogP contribution in [0.5, 0.6) is 0 Å². The summed E-state index contributed by atoms with van der Waals surface area (Å²) < 4.78 is 0. The summed E-state index contributed by atoms with van der Waals surface area (Å²) in [5, 5.41) is 3.84. The summed E-state index contributed by atoms with van der Waals surface area (Å²) in [4.78, 5) is 0. The van der Waals surface area contributed by atoms with Gasteiger partial charge in [0.25, 0.3) is 0 Å². The first-order chi connectivity index (χ1) is 9.97. The number of hydrogen-bond donors (Lipinski definition) is 1. The van der Waals surface area contributed by atoms with Gasteiger partial charge in [-0.2, -0.15) is 0 Å². The molecule has 2 rings (SSSR count). The number of nitrogens with one attached hydrogen (secondary N) is 1. The van der Waals surface area contributed by atoms with Gasteiger partial charge in [-0.25, -0.2) is 0 Å². The maximum atomic E-state index is 3.84. The first kappa shape index (κ1) is 16.5. The molecule has 0 aromatic heterocycles. The molecular weight excluding hydrogens is 254 g/mol. The molecule has 0 aliphatic heterocycles. The molecule has 1 heteroatoms. The van der Waals surface area contributed by atoms with E-state index < -0.39 is 0 Å². The van der Waals surface area contributed by atoms with E-state index >= 15 is 0 Å². The Morgan fingerprint density at radius 3 is 2.33 bits per heavy atom. The summed E-state index contributed by atoms with van der Waals surface area (Å²) >= 11 is 0. The van der Waals surface area contributed by atoms with Crippen LogP contribution in [0.2, 0.25) is 0 Å². The maximum absolute atomic E-state index is 3.84. The van der Waals surface area contributed by atoms with E-state index in [2.05, 4.69) is 63.3 Å². The minimum absolute atomic E-state index is 0.239. The van der Waals surface area contributed by atoms with Crippen molar-refractivity contribution in [2.24, 2.45) is 5.41 Å². The molecule has 1 aliphatic carbocycles. The zero-order chi connectivity index (χ0) is 15.3. The van der Waals surface area contributed by atoms with Crippen molar-refractivity contribution in [3.8, 4) is 0 Å². The molecule has 1 atom stereocenters. The van der Waals surface area contributed by atoms with Gasteiger partial charge in [-0.05, 0) is 49.0 Å². The van der Waals surface area contributed by atoms with E-state index in [9.17, 15) is 0 Å². The standard InChI is InChI=1S/C20H33N/c1-5-20(13-9-10-14-20)16-21-17(2)15-19(3,4)18-11-7-6-8-12-18/h6-8,11-12,17,21H,5,9-10,13-16H2,1-4H3. The van der Waals surface area contributed by atoms with Crippen molar-refractivity contribution in [2.75, 3.05) is 6.54 Å². The van der Waals surface area contributed by atoms with E-state index in [-0.39, 0.29) is 5.41 Å². The van der Waals surface area contributed by atoms with E-state index in [0.717, 1.165) is 0 Å². The van der Waals surface area contributed by atoms with E-state index in [4.69, 9.17) is 0 Å². The molecule has 21 heavy (non-hydrogen) atoms. The highest BCUT2D eigenvalue weighted by molar-refractivity contribution is 5.23. The van der Waals surface area contributed by atoms with E-state index in [0.29, 0.717) is 11.5 Å². The molecule has 118 valence electrons. The molecule has 1 fully saturated rings. The molecular formula is C20H33N. The Morgan fingerprint density at radius 2 is 1.76 bits per heavy atom. The molecule has 1 aromatic rings.